The van der Waals surface area contributed by atoms with Gasteiger partial charge in [-0.05, 0) is 24.1 Å². The molecule has 1 aromatic carbocycles. The number of thiazole rings is 1. The Labute approximate surface area is 149 Å². The standard InChI is InChI=1S/C15H18BrN3OS.ClH/c1-9-5-11(3-4-13(9)16)6-12-8-18-15(21-12)19-14(20)10(2)7-17;/h3-5,8,10H,6-7,17H2,1-2H3,(H,18,19,20);1H. The highest BCUT2D eigenvalue weighted by Gasteiger charge is 2.13. The molecule has 1 amide bonds. The van der Waals surface area contributed by atoms with Crippen molar-refractivity contribution in [3.63, 3.8) is 0 Å². The van der Waals surface area contributed by atoms with E-state index in [4.69, 9.17) is 5.73 Å². The van der Waals surface area contributed by atoms with Gasteiger partial charge in [0.25, 0.3) is 0 Å². The van der Waals surface area contributed by atoms with Crippen molar-refractivity contribution in [3.8, 4) is 0 Å². The smallest absolute Gasteiger partial charge is 0.230 e. The summed E-state index contributed by atoms with van der Waals surface area (Å²) in [6.07, 6.45) is 2.62. The maximum absolute atomic E-state index is 11.8. The van der Waals surface area contributed by atoms with Crippen LogP contribution in [-0.4, -0.2) is 17.4 Å². The van der Waals surface area contributed by atoms with E-state index in [1.54, 1.807) is 6.92 Å². The molecule has 0 aliphatic heterocycles. The van der Waals surface area contributed by atoms with Crippen LogP contribution in [0, 0.1) is 12.8 Å². The number of hydrogen-bond acceptors (Lipinski definition) is 4. The zero-order chi connectivity index (χ0) is 15.4. The molecule has 0 bridgehead atoms. The van der Waals surface area contributed by atoms with Gasteiger partial charge in [0, 0.05) is 34.4 Å². The summed E-state index contributed by atoms with van der Waals surface area (Å²) in [7, 11) is 0. The zero-order valence-electron chi connectivity index (χ0n) is 12.4. The molecule has 22 heavy (non-hydrogen) atoms. The van der Waals surface area contributed by atoms with Gasteiger partial charge < -0.3 is 11.1 Å². The van der Waals surface area contributed by atoms with Gasteiger partial charge >= 0.3 is 0 Å². The lowest BCUT2D eigenvalue weighted by Crippen LogP contribution is -2.26. The van der Waals surface area contributed by atoms with Crippen LogP contribution < -0.4 is 11.1 Å². The number of rotatable bonds is 5. The number of nitrogens with zero attached hydrogens (tertiary/aromatic N) is 1. The molecule has 0 radical (unpaired) electrons. The monoisotopic (exact) mass is 403 g/mol. The Hall–Kier alpha value is -0.950. The number of nitrogens with two attached hydrogens (primary N) is 1. The van der Waals surface area contributed by atoms with E-state index in [1.165, 1.54) is 22.5 Å². The largest absolute Gasteiger partial charge is 0.330 e. The number of carbonyl (C=O) groups is 1. The maximum atomic E-state index is 11.8. The van der Waals surface area contributed by atoms with E-state index in [2.05, 4.69) is 51.4 Å². The second kappa shape index (κ2) is 8.62. The van der Waals surface area contributed by atoms with Crippen LogP contribution >= 0.6 is 39.7 Å². The summed E-state index contributed by atoms with van der Waals surface area (Å²) in [5.74, 6) is -0.288. The normalized spacial score (nSPS) is 11.6. The van der Waals surface area contributed by atoms with Crippen LogP contribution in [0.5, 0.6) is 0 Å². The maximum Gasteiger partial charge on any atom is 0.230 e. The molecule has 1 atom stereocenters. The molecule has 1 aromatic heterocycles. The van der Waals surface area contributed by atoms with Gasteiger partial charge in [-0.3, -0.25) is 4.79 Å². The van der Waals surface area contributed by atoms with E-state index < -0.39 is 0 Å². The van der Waals surface area contributed by atoms with Crippen LogP contribution in [0.3, 0.4) is 0 Å². The van der Waals surface area contributed by atoms with Gasteiger partial charge in [0.05, 0.1) is 0 Å². The van der Waals surface area contributed by atoms with Gasteiger partial charge in [0.1, 0.15) is 0 Å². The first-order chi connectivity index (χ1) is 9.99. The van der Waals surface area contributed by atoms with Gasteiger partial charge in [-0.15, -0.1) is 23.7 Å². The molecule has 2 aromatic rings. The van der Waals surface area contributed by atoms with E-state index in [-0.39, 0.29) is 24.2 Å². The highest BCUT2D eigenvalue weighted by Crippen LogP contribution is 2.24. The minimum Gasteiger partial charge on any atom is -0.330 e. The molecule has 0 fully saturated rings. The van der Waals surface area contributed by atoms with Crippen LogP contribution in [0.4, 0.5) is 5.13 Å². The van der Waals surface area contributed by atoms with Crippen molar-refractivity contribution in [2.75, 3.05) is 11.9 Å². The van der Waals surface area contributed by atoms with Gasteiger partial charge in [-0.25, -0.2) is 4.98 Å². The summed E-state index contributed by atoms with van der Waals surface area (Å²) < 4.78 is 1.11. The quantitative estimate of drug-likeness (QED) is 0.797. The molecule has 1 unspecified atom stereocenters. The summed E-state index contributed by atoms with van der Waals surface area (Å²) in [5, 5.41) is 3.43. The Morgan fingerprint density at radius 1 is 1.50 bits per heavy atom. The van der Waals surface area contributed by atoms with E-state index >= 15 is 0 Å². The predicted molar refractivity (Wildman–Crippen MR) is 97.9 cm³/mol. The molecule has 0 saturated carbocycles. The lowest BCUT2D eigenvalue weighted by Gasteiger charge is -2.06. The SMILES string of the molecule is Cc1cc(Cc2cnc(NC(=O)C(C)CN)s2)ccc1Br.Cl. The molecule has 3 N–H and O–H groups in total. The van der Waals surface area contributed by atoms with Crippen LogP contribution in [0.15, 0.2) is 28.9 Å². The number of anilines is 1. The van der Waals surface area contributed by atoms with Crippen molar-refractivity contribution in [2.45, 2.75) is 20.3 Å². The molecule has 0 saturated heterocycles. The van der Waals surface area contributed by atoms with Crippen molar-refractivity contribution in [1.29, 1.82) is 0 Å². The number of benzene rings is 1. The number of aromatic nitrogens is 1. The highest BCUT2D eigenvalue weighted by molar-refractivity contribution is 9.10. The Bertz CT molecular complexity index is 647. The van der Waals surface area contributed by atoms with E-state index in [9.17, 15) is 4.79 Å². The molecule has 7 heteroatoms. The van der Waals surface area contributed by atoms with Crippen LogP contribution in [0.25, 0.3) is 0 Å². The second-order valence-corrected chi connectivity index (χ2v) is 6.99. The first kappa shape index (κ1) is 19.1. The molecule has 0 spiro atoms. The molecule has 2 rings (SSSR count). The molecule has 1 heterocycles. The molecule has 0 aliphatic rings. The zero-order valence-corrected chi connectivity index (χ0v) is 15.6. The summed E-state index contributed by atoms with van der Waals surface area (Å²) in [4.78, 5) is 17.1. The average Bonchev–Trinajstić information content (AvgIpc) is 2.89. The van der Waals surface area contributed by atoms with Crippen molar-refractivity contribution in [1.82, 2.24) is 4.98 Å². The molecular formula is C15H19BrClN3OS. The topological polar surface area (TPSA) is 68.0 Å². The Balaban J connectivity index is 0.00000242. The van der Waals surface area contributed by atoms with Crippen LogP contribution in [0.1, 0.15) is 22.9 Å². The lowest BCUT2D eigenvalue weighted by molar-refractivity contribution is -0.119. The Kier molecular flexibility index (Phi) is 7.48. The number of nitrogens with one attached hydrogen (secondary N) is 1. The fourth-order valence-electron chi connectivity index (χ4n) is 1.80. The number of amides is 1. The molecular weight excluding hydrogens is 386 g/mol. The summed E-state index contributed by atoms with van der Waals surface area (Å²) >= 11 is 5.00. The minimum atomic E-state index is -0.202. The van der Waals surface area contributed by atoms with Gasteiger partial charge in [-0.1, -0.05) is 35.0 Å². The first-order valence-electron chi connectivity index (χ1n) is 6.70. The van der Waals surface area contributed by atoms with E-state index in [0.29, 0.717) is 11.7 Å². The van der Waals surface area contributed by atoms with Crippen LogP contribution in [-0.2, 0) is 11.2 Å². The van der Waals surface area contributed by atoms with Crippen molar-refractivity contribution in [2.24, 2.45) is 11.7 Å². The third-order valence-electron chi connectivity index (χ3n) is 3.19. The Morgan fingerprint density at radius 2 is 2.23 bits per heavy atom. The van der Waals surface area contributed by atoms with Gasteiger partial charge in [0.2, 0.25) is 5.91 Å². The van der Waals surface area contributed by atoms with Crippen molar-refractivity contribution in [3.05, 3.63) is 44.9 Å². The minimum absolute atomic E-state index is 0. The molecule has 0 aliphatic carbocycles. The molecule has 4 nitrogen and oxygen atoms in total. The van der Waals surface area contributed by atoms with Gasteiger partial charge in [-0.2, -0.15) is 0 Å². The number of hydrogen-bond donors (Lipinski definition) is 2. The Morgan fingerprint density at radius 3 is 2.86 bits per heavy atom. The second-order valence-electron chi connectivity index (χ2n) is 5.02. The summed E-state index contributed by atoms with van der Waals surface area (Å²) in [6, 6.07) is 6.29. The van der Waals surface area contributed by atoms with Gasteiger partial charge in [0.15, 0.2) is 5.13 Å². The van der Waals surface area contributed by atoms with Crippen LogP contribution in [0.2, 0.25) is 0 Å². The highest BCUT2D eigenvalue weighted by atomic mass is 79.9. The summed E-state index contributed by atoms with van der Waals surface area (Å²) in [5.41, 5.74) is 7.92. The number of carbonyl (C=O) groups excluding carboxylic acids is 1. The number of aryl methyl sites for hydroxylation is 1. The first-order valence-corrected chi connectivity index (χ1v) is 8.31. The summed E-state index contributed by atoms with van der Waals surface area (Å²) in [6.45, 7) is 4.21. The van der Waals surface area contributed by atoms with E-state index in [1.807, 2.05) is 6.20 Å². The van der Waals surface area contributed by atoms with Crippen molar-refractivity contribution >= 4 is 50.7 Å². The lowest BCUT2D eigenvalue weighted by atomic mass is 10.1. The van der Waals surface area contributed by atoms with Crippen molar-refractivity contribution < 1.29 is 4.79 Å². The third kappa shape index (κ3) is 5.05. The third-order valence-corrected chi connectivity index (χ3v) is 4.99. The fourth-order valence-corrected chi connectivity index (χ4v) is 2.90. The predicted octanol–water partition coefficient (Wildman–Crippen LogP) is 3.76. The molecule has 120 valence electrons. The fraction of sp³-hybridized carbons (Fsp3) is 0.333. The average molecular weight is 405 g/mol. The van der Waals surface area contributed by atoms with E-state index in [0.717, 1.165) is 15.8 Å². The number of halogens is 2.